The van der Waals surface area contributed by atoms with Gasteiger partial charge in [-0.15, -0.1) is 0 Å². The fraction of sp³-hybridized carbons (Fsp3) is 0.462. The van der Waals surface area contributed by atoms with Crippen LogP contribution < -0.4 is 5.73 Å². The fourth-order valence-electron chi connectivity index (χ4n) is 2.49. The number of nitrogens with zero attached hydrogens (tertiary/aromatic N) is 4. The zero-order chi connectivity index (χ0) is 14.1. The molecule has 7 nitrogen and oxygen atoms in total. The van der Waals surface area contributed by atoms with Gasteiger partial charge in [0.2, 0.25) is 11.9 Å². The van der Waals surface area contributed by atoms with Crippen LogP contribution in [0.5, 0.6) is 0 Å². The predicted molar refractivity (Wildman–Crippen MR) is 74.1 cm³/mol. The molecule has 2 aromatic rings. The second kappa shape index (κ2) is 5.09. The van der Waals surface area contributed by atoms with E-state index in [0.717, 1.165) is 0 Å². The average molecular weight is 275 g/mol. The highest BCUT2D eigenvalue weighted by molar-refractivity contribution is 5.84. The zero-order valence-electron chi connectivity index (χ0n) is 11.3. The van der Waals surface area contributed by atoms with E-state index in [9.17, 15) is 4.79 Å². The molecule has 0 saturated carbocycles. The number of pyridine rings is 1. The molecule has 2 N–H and O–H groups in total. The van der Waals surface area contributed by atoms with E-state index in [1.54, 1.807) is 21.7 Å². The Hall–Kier alpha value is -2.15. The molecule has 1 atom stereocenters. The molecule has 20 heavy (non-hydrogen) atoms. The van der Waals surface area contributed by atoms with E-state index >= 15 is 0 Å². The molecule has 3 rings (SSSR count). The molecule has 0 bridgehead atoms. The summed E-state index contributed by atoms with van der Waals surface area (Å²) in [4.78, 5) is 22.8. The number of aromatic nitrogens is 3. The highest BCUT2D eigenvalue weighted by atomic mass is 16.5. The third kappa shape index (κ3) is 2.09. The van der Waals surface area contributed by atoms with Crippen LogP contribution in [0, 0.1) is 0 Å². The molecule has 2 aromatic heterocycles. The average Bonchev–Trinajstić information content (AvgIpc) is 2.82. The molecule has 0 radical (unpaired) electrons. The first kappa shape index (κ1) is 12.9. The summed E-state index contributed by atoms with van der Waals surface area (Å²) in [5.74, 6) is 0.331. The molecule has 1 aliphatic rings. The van der Waals surface area contributed by atoms with Crippen molar-refractivity contribution in [3.05, 3.63) is 18.3 Å². The van der Waals surface area contributed by atoms with E-state index in [0.29, 0.717) is 43.4 Å². The van der Waals surface area contributed by atoms with Gasteiger partial charge in [-0.2, -0.15) is 0 Å². The van der Waals surface area contributed by atoms with Crippen LogP contribution >= 0.6 is 0 Å². The summed E-state index contributed by atoms with van der Waals surface area (Å²) in [6.45, 7) is 4.21. The Kier molecular flexibility index (Phi) is 3.27. The van der Waals surface area contributed by atoms with Crippen LogP contribution in [0.2, 0.25) is 0 Å². The lowest BCUT2D eigenvalue weighted by Gasteiger charge is -2.29. The highest BCUT2D eigenvalue weighted by Gasteiger charge is 2.26. The van der Waals surface area contributed by atoms with Gasteiger partial charge in [-0.05, 0) is 19.1 Å². The quantitative estimate of drug-likeness (QED) is 0.859. The maximum Gasteiger partial charge on any atom is 0.245 e. The largest absolute Gasteiger partial charge is 0.378 e. The van der Waals surface area contributed by atoms with Gasteiger partial charge in [-0.1, -0.05) is 0 Å². The molecule has 7 heteroatoms. The molecule has 1 aliphatic heterocycles. The Labute approximate surface area is 116 Å². The summed E-state index contributed by atoms with van der Waals surface area (Å²) in [7, 11) is 0. The topological polar surface area (TPSA) is 86.3 Å². The third-order valence-corrected chi connectivity index (χ3v) is 3.54. The number of ether oxygens (including phenoxy) is 1. The van der Waals surface area contributed by atoms with Crippen LogP contribution in [0.3, 0.4) is 0 Å². The maximum atomic E-state index is 12.5. The monoisotopic (exact) mass is 275 g/mol. The molecule has 0 aromatic carbocycles. The lowest BCUT2D eigenvalue weighted by atomic mass is 10.2. The van der Waals surface area contributed by atoms with Crippen LogP contribution in [-0.4, -0.2) is 51.6 Å². The fourth-order valence-corrected chi connectivity index (χ4v) is 2.49. The Morgan fingerprint density at radius 2 is 2.20 bits per heavy atom. The van der Waals surface area contributed by atoms with Gasteiger partial charge >= 0.3 is 0 Å². The minimum absolute atomic E-state index is 0.0185. The predicted octanol–water partition coefficient (Wildman–Crippen LogP) is 0.433. The summed E-state index contributed by atoms with van der Waals surface area (Å²) in [6.07, 6.45) is 1.67. The first-order valence-electron chi connectivity index (χ1n) is 6.63. The Morgan fingerprint density at radius 1 is 1.45 bits per heavy atom. The van der Waals surface area contributed by atoms with Crippen LogP contribution in [0.25, 0.3) is 11.2 Å². The van der Waals surface area contributed by atoms with Crippen molar-refractivity contribution < 1.29 is 9.53 Å². The van der Waals surface area contributed by atoms with Gasteiger partial charge in [-0.3, -0.25) is 9.36 Å². The zero-order valence-corrected chi connectivity index (χ0v) is 11.3. The number of amides is 1. The lowest BCUT2D eigenvalue weighted by Crippen LogP contribution is -2.43. The van der Waals surface area contributed by atoms with E-state index in [4.69, 9.17) is 10.5 Å². The summed E-state index contributed by atoms with van der Waals surface area (Å²) in [5.41, 5.74) is 7.28. The van der Waals surface area contributed by atoms with Gasteiger partial charge in [-0.25, -0.2) is 9.97 Å². The van der Waals surface area contributed by atoms with Gasteiger partial charge in [0.25, 0.3) is 0 Å². The van der Waals surface area contributed by atoms with Crippen LogP contribution in [0.15, 0.2) is 18.3 Å². The van der Waals surface area contributed by atoms with E-state index in [2.05, 4.69) is 9.97 Å². The second-order valence-electron chi connectivity index (χ2n) is 4.80. The number of carbonyl (C=O) groups is 1. The first-order chi connectivity index (χ1) is 9.68. The molecule has 1 unspecified atom stereocenters. The number of imidazole rings is 1. The number of hydrogen-bond acceptors (Lipinski definition) is 5. The van der Waals surface area contributed by atoms with Crippen LogP contribution in [0.1, 0.15) is 13.0 Å². The number of hydrogen-bond donors (Lipinski definition) is 1. The molecule has 3 heterocycles. The maximum absolute atomic E-state index is 12.5. The molecule has 106 valence electrons. The smallest absolute Gasteiger partial charge is 0.245 e. The molecule has 1 saturated heterocycles. The van der Waals surface area contributed by atoms with Gasteiger partial charge in [0.1, 0.15) is 11.6 Å². The summed E-state index contributed by atoms with van der Waals surface area (Å²) >= 11 is 0. The summed E-state index contributed by atoms with van der Waals surface area (Å²) < 4.78 is 6.95. The minimum atomic E-state index is -0.423. The molecular weight excluding hydrogens is 258 g/mol. The minimum Gasteiger partial charge on any atom is -0.378 e. The van der Waals surface area contributed by atoms with E-state index in [1.807, 2.05) is 13.0 Å². The number of fused-ring (bicyclic) bond motifs is 1. The number of rotatable bonds is 2. The SMILES string of the molecule is CC(C(=O)N1CCOCC1)n1c(N)nc2cccnc21. The summed E-state index contributed by atoms with van der Waals surface area (Å²) in [6, 6.07) is 3.21. The van der Waals surface area contributed by atoms with E-state index in [1.165, 1.54) is 0 Å². The third-order valence-electron chi connectivity index (χ3n) is 3.54. The highest BCUT2D eigenvalue weighted by Crippen LogP contribution is 2.22. The standard InChI is InChI=1S/C13H17N5O2/c1-9(12(19)17-5-7-20-8-6-17)18-11-10(16-13(18)14)3-2-4-15-11/h2-4,9H,5-8H2,1H3,(H2,14,16). The van der Waals surface area contributed by atoms with Gasteiger partial charge in [0, 0.05) is 19.3 Å². The van der Waals surface area contributed by atoms with Crippen molar-refractivity contribution in [2.75, 3.05) is 32.0 Å². The van der Waals surface area contributed by atoms with Gasteiger partial charge < -0.3 is 15.4 Å². The number of morpholine rings is 1. The van der Waals surface area contributed by atoms with Crippen molar-refractivity contribution in [3.63, 3.8) is 0 Å². The van der Waals surface area contributed by atoms with Gasteiger partial charge in [0.05, 0.1) is 13.2 Å². The second-order valence-corrected chi connectivity index (χ2v) is 4.80. The molecule has 1 amide bonds. The van der Waals surface area contributed by atoms with Crippen LogP contribution in [-0.2, 0) is 9.53 Å². The van der Waals surface area contributed by atoms with E-state index < -0.39 is 6.04 Å². The van der Waals surface area contributed by atoms with Crippen molar-refractivity contribution in [2.45, 2.75) is 13.0 Å². The number of anilines is 1. The van der Waals surface area contributed by atoms with Gasteiger partial charge in [0.15, 0.2) is 5.65 Å². The van der Waals surface area contributed by atoms with Crippen molar-refractivity contribution in [3.8, 4) is 0 Å². The van der Waals surface area contributed by atoms with Crippen molar-refractivity contribution in [2.24, 2.45) is 0 Å². The molecule has 0 spiro atoms. The number of nitrogen functional groups attached to an aromatic ring is 1. The lowest BCUT2D eigenvalue weighted by molar-refractivity contribution is -0.138. The first-order valence-corrected chi connectivity index (χ1v) is 6.63. The summed E-state index contributed by atoms with van der Waals surface area (Å²) in [5, 5.41) is 0. The van der Waals surface area contributed by atoms with Crippen LogP contribution in [0.4, 0.5) is 5.95 Å². The number of carbonyl (C=O) groups excluding carboxylic acids is 1. The van der Waals surface area contributed by atoms with Crippen molar-refractivity contribution in [1.82, 2.24) is 19.4 Å². The van der Waals surface area contributed by atoms with E-state index in [-0.39, 0.29) is 5.91 Å². The Bertz CT molecular complexity index is 633. The Morgan fingerprint density at radius 3 is 2.95 bits per heavy atom. The van der Waals surface area contributed by atoms with Crippen molar-refractivity contribution in [1.29, 1.82) is 0 Å². The normalized spacial score (nSPS) is 17.4. The Balaban J connectivity index is 1.93. The molecular formula is C13H17N5O2. The molecule has 1 fully saturated rings. The van der Waals surface area contributed by atoms with Crippen molar-refractivity contribution >= 4 is 23.0 Å². The molecule has 0 aliphatic carbocycles. The number of nitrogens with two attached hydrogens (primary N) is 1.